The predicted molar refractivity (Wildman–Crippen MR) is 135 cm³/mol. The maximum absolute atomic E-state index is 13.4. The Morgan fingerprint density at radius 3 is 2.35 bits per heavy atom. The third-order valence-corrected chi connectivity index (χ3v) is 6.29. The molecule has 1 amide bonds. The fourth-order valence-electron chi connectivity index (χ4n) is 4.17. The molecule has 2 aromatic carbocycles. The highest BCUT2D eigenvalue weighted by atomic mass is 35.5. The molecule has 2 heterocycles. The number of fused-ring (bicyclic) bond motifs is 1. The maximum atomic E-state index is 13.4. The summed E-state index contributed by atoms with van der Waals surface area (Å²) in [7, 11) is 0. The van der Waals surface area contributed by atoms with E-state index in [1.807, 2.05) is 76.2 Å². The van der Waals surface area contributed by atoms with Crippen molar-refractivity contribution in [3.63, 3.8) is 0 Å². The lowest BCUT2D eigenvalue weighted by molar-refractivity contribution is -0.124. The number of halogens is 1. The summed E-state index contributed by atoms with van der Waals surface area (Å²) in [6, 6.07) is 14.8. The SMILES string of the molecule is CC[C@@H](C(=O)NCCc1ccc(Cl)cc1)n1nc(C)c2c(C)n(-c3ccc(C)cc3)nc2c1=O. The highest BCUT2D eigenvalue weighted by Crippen LogP contribution is 2.22. The number of carbonyl (C=O) groups is 1. The summed E-state index contributed by atoms with van der Waals surface area (Å²) in [5.74, 6) is -0.237. The lowest BCUT2D eigenvalue weighted by Gasteiger charge is -2.17. The highest BCUT2D eigenvalue weighted by Gasteiger charge is 2.25. The monoisotopic (exact) mass is 477 g/mol. The van der Waals surface area contributed by atoms with Gasteiger partial charge >= 0.3 is 0 Å². The van der Waals surface area contributed by atoms with Gasteiger partial charge < -0.3 is 5.32 Å². The topological polar surface area (TPSA) is 81.8 Å². The summed E-state index contributed by atoms with van der Waals surface area (Å²) in [5.41, 5.74) is 4.55. The molecule has 0 unspecified atom stereocenters. The maximum Gasteiger partial charge on any atom is 0.295 e. The summed E-state index contributed by atoms with van der Waals surface area (Å²) in [4.78, 5) is 26.4. The number of aryl methyl sites for hydroxylation is 3. The highest BCUT2D eigenvalue weighted by molar-refractivity contribution is 6.30. The second-order valence-corrected chi connectivity index (χ2v) is 8.92. The van der Waals surface area contributed by atoms with Gasteiger partial charge in [-0.15, -0.1) is 0 Å². The minimum atomic E-state index is -0.717. The van der Waals surface area contributed by atoms with Crippen molar-refractivity contribution in [2.24, 2.45) is 0 Å². The Morgan fingerprint density at radius 1 is 1.03 bits per heavy atom. The number of aromatic nitrogens is 4. The van der Waals surface area contributed by atoms with Crippen molar-refractivity contribution in [1.82, 2.24) is 24.9 Å². The van der Waals surface area contributed by atoms with Crippen LogP contribution in [0.3, 0.4) is 0 Å². The van der Waals surface area contributed by atoms with Crippen molar-refractivity contribution in [2.75, 3.05) is 6.54 Å². The summed E-state index contributed by atoms with van der Waals surface area (Å²) < 4.78 is 3.04. The first-order valence-electron chi connectivity index (χ1n) is 11.4. The molecule has 0 radical (unpaired) electrons. The molecule has 0 spiro atoms. The Balaban J connectivity index is 1.62. The summed E-state index contributed by atoms with van der Waals surface area (Å²) in [5, 5.41) is 13.5. The van der Waals surface area contributed by atoms with Crippen molar-refractivity contribution in [1.29, 1.82) is 0 Å². The summed E-state index contributed by atoms with van der Waals surface area (Å²) >= 11 is 5.93. The zero-order valence-corrected chi connectivity index (χ0v) is 20.6. The average Bonchev–Trinajstić information content (AvgIpc) is 3.17. The van der Waals surface area contributed by atoms with Crippen molar-refractivity contribution in [3.8, 4) is 5.69 Å². The quantitative estimate of drug-likeness (QED) is 0.425. The van der Waals surface area contributed by atoms with E-state index in [2.05, 4.69) is 15.5 Å². The molecule has 0 aliphatic heterocycles. The van der Waals surface area contributed by atoms with Crippen LogP contribution in [0.2, 0.25) is 5.02 Å². The largest absolute Gasteiger partial charge is 0.354 e. The van der Waals surface area contributed by atoms with Gasteiger partial charge in [-0.05, 0) is 63.4 Å². The second-order valence-electron chi connectivity index (χ2n) is 8.48. The third kappa shape index (κ3) is 4.61. The first-order chi connectivity index (χ1) is 16.3. The van der Waals surface area contributed by atoms with Gasteiger partial charge in [-0.3, -0.25) is 9.59 Å². The van der Waals surface area contributed by atoms with E-state index in [0.29, 0.717) is 35.6 Å². The Labute approximate surface area is 203 Å². The Hall–Kier alpha value is -3.45. The Kier molecular flexibility index (Phi) is 6.84. The first-order valence-corrected chi connectivity index (χ1v) is 11.8. The van der Waals surface area contributed by atoms with Crippen LogP contribution in [0.4, 0.5) is 0 Å². The number of hydrogen-bond acceptors (Lipinski definition) is 4. The molecule has 0 aliphatic rings. The molecule has 0 saturated heterocycles. The molecule has 1 atom stereocenters. The van der Waals surface area contributed by atoms with Crippen LogP contribution < -0.4 is 10.9 Å². The van der Waals surface area contributed by atoms with Gasteiger partial charge in [0.05, 0.1) is 22.5 Å². The van der Waals surface area contributed by atoms with Crippen molar-refractivity contribution >= 4 is 28.4 Å². The molecule has 8 heteroatoms. The fraction of sp³-hybridized carbons (Fsp3) is 0.308. The molecular weight excluding hydrogens is 450 g/mol. The second kappa shape index (κ2) is 9.81. The van der Waals surface area contributed by atoms with Gasteiger partial charge in [0.15, 0.2) is 5.52 Å². The number of nitrogens with one attached hydrogen (secondary N) is 1. The van der Waals surface area contributed by atoms with Gasteiger partial charge in [0.2, 0.25) is 5.91 Å². The van der Waals surface area contributed by atoms with Crippen LogP contribution in [-0.2, 0) is 11.2 Å². The molecule has 34 heavy (non-hydrogen) atoms. The van der Waals surface area contributed by atoms with Crippen LogP contribution in [0.15, 0.2) is 53.3 Å². The van der Waals surface area contributed by atoms with Crippen LogP contribution in [0.1, 0.15) is 41.9 Å². The van der Waals surface area contributed by atoms with Crippen LogP contribution in [-0.4, -0.2) is 32.0 Å². The average molecular weight is 478 g/mol. The smallest absolute Gasteiger partial charge is 0.295 e. The van der Waals surface area contributed by atoms with Crippen LogP contribution in [0.25, 0.3) is 16.6 Å². The molecule has 0 aliphatic carbocycles. The Morgan fingerprint density at radius 2 is 1.71 bits per heavy atom. The summed E-state index contributed by atoms with van der Waals surface area (Å²) in [6.07, 6.45) is 1.10. The predicted octanol–water partition coefficient (Wildman–Crippen LogP) is 4.47. The van der Waals surface area contributed by atoms with E-state index in [0.717, 1.165) is 27.9 Å². The van der Waals surface area contributed by atoms with E-state index in [4.69, 9.17) is 11.6 Å². The minimum absolute atomic E-state index is 0.237. The van der Waals surface area contributed by atoms with Gasteiger partial charge in [0.1, 0.15) is 6.04 Å². The molecular formula is C26H28ClN5O2. The van der Waals surface area contributed by atoms with E-state index >= 15 is 0 Å². The van der Waals surface area contributed by atoms with E-state index < -0.39 is 6.04 Å². The van der Waals surface area contributed by atoms with Gasteiger partial charge in [0, 0.05) is 11.6 Å². The molecule has 0 saturated carbocycles. The standard InChI is InChI=1S/C26H28ClN5O2/c1-5-22(25(33)28-15-14-19-8-10-20(27)11-9-19)32-26(34)24-23(17(3)29-32)18(4)31(30-24)21-12-6-16(2)7-13-21/h6-13,22H,5,14-15H2,1-4H3,(H,28,33)/t22-/m0/s1. The molecule has 0 fully saturated rings. The zero-order chi connectivity index (χ0) is 24.4. The van der Waals surface area contributed by atoms with Crippen molar-refractivity contribution < 1.29 is 4.79 Å². The van der Waals surface area contributed by atoms with Gasteiger partial charge in [-0.25, -0.2) is 9.36 Å². The van der Waals surface area contributed by atoms with Crippen LogP contribution in [0, 0.1) is 20.8 Å². The number of benzene rings is 2. The molecule has 0 bridgehead atoms. The number of amides is 1. The van der Waals surface area contributed by atoms with E-state index in [1.54, 1.807) is 4.68 Å². The van der Waals surface area contributed by atoms with Crippen molar-refractivity contribution in [2.45, 2.75) is 46.6 Å². The van der Waals surface area contributed by atoms with Gasteiger partial charge in [0.25, 0.3) is 5.56 Å². The van der Waals surface area contributed by atoms with Crippen molar-refractivity contribution in [3.05, 3.63) is 86.4 Å². The van der Waals surface area contributed by atoms with Gasteiger partial charge in [-0.1, -0.05) is 48.4 Å². The van der Waals surface area contributed by atoms with Crippen LogP contribution >= 0.6 is 11.6 Å². The molecule has 2 aromatic heterocycles. The van der Waals surface area contributed by atoms with Crippen LogP contribution in [0.5, 0.6) is 0 Å². The lowest BCUT2D eigenvalue weighted by atomic mass is 10.1. The fourth-order valence-corrected chi connectivity index (χ4v) is 4.29. The molecule has 7 nitrogen and oxygen atoms in total. The third-order valence-electron chi connectivity index (χ3n) is 6.04. The molecule has 1 N–H and O–H groups in total. The molecule has 176 valence electrons. The minimum Gasteiger partial charge on any atom is -0.354 e. The normalized spacial score (nSPS) is 12.1. The van der Waals surface area contributed by atoms with E-state index in [1.165, 1.54) is 4.68 Å². The number of rotatable bonds is 7. The molecule has 4 aromatic rings. The zero-order valence-electron chi connectivity index (χ0n) is 19.8. The Bertz CT molecular complexity index is 1390. The number of nitrogens with zero attached hydrogens (tertiary/aromatic N) is 4. The first kappa shape index (κ1) is 23.7. The number of hydrogen-bond donors (Lipinski definition) is 1. The number of carbonyl (C=O) groups excluding carboxylic acids is 1. The lowest BCUT2D eigenvalue weighted by Crippen LogP contribution is -2.39. The molecule has 4 rings (SSSR count). The van der Waals surface area contributed by atoms with E-state index in [-0.39, 0.29) is 11.5 Å². The van der Waals surface area contributed by atoms with Gasteiger partial charge in [-0.2, -0.15) is 10.2 Å². The van der Waals surface area contributed by atoms with E-state index in [9.17, 15) is 9.59 Å². The summed E-state index contributed by atoms with van der Waals surface area (Å²) in [6.45, 7) is 8.11.